The Morgan fingerprint density at radius 1 is 1.09 bits per heavy atom. The Kier molecular flexibility index (Phi) is 62.6. The molecule has 1 atom stereocenters. The smallest absolute Gasteiger partial charge is 0.0512 e. The molecule has 0 bridgehead atoms. The average Bonchev–Trinajstić information content (AvgIpc) is 1.61. The van der Waals surface area contributed by atoms with Crippen molar-refractivity contribution >= 4 is 0 Å². The molecule has 1 N–H and O–H groups in total. The Bertz CT molecular complexity index is 33.9. The van der Waals surface area contributed by atoms with E-state index in [0.29, 0.717) is 0 Å². The second-order valence-corrected chi connectivity index (χ2v) is 1.99. The van der Waals surface area contributed by atoms with E-state index in [0.717, 1.165) is 12.8 Å². The van der Waals surface area contributed by atoms with Gasteiger partial charge in [0.1, 0.15) is 0 Å². The second kappa shape index (κ2) is 22.5. The Labute approximate surface area is 74.8 Å². The maximum Gasteiger partial charge on any atom is 0.0512 e. The summed E-state index contributed by atoms with van der Waals surface area (Å²) in [4.78, 5) is 0. The van der Waals surface area contributed by atoms with Gasteiger partial charge in [-0.15, -0.1) is 0 Å². The van der Waals surface area contributed by atoms with Gasteiger partial charge < -0.3 is 5.11 Å². The lowest BCUT2D eigenvalue weighted by molar-refractivity contribution is 0.181. The molecular formula is C10H30O. The summed E-state index contributed by atoms with van der Waals surface area (Å²) >= 11 is 0. The molecule has 1 unspecified atom stereocenters. The van der Waals surface area contributed by atoms with Crippen molar-refractivity contribution in [1.82, 2.24) is 0 Å². The fraction of sp³-hybridized carbons (Fsp3) is 1.00. The third-order valence-corrected chi connectivity index (χ3v) is 0.975. The van der Waals surface area contributed by atoms with Gasteiger partial charge >= 0.3 is 0 Å². The highest BCUT2D eigenvalue weighted by Gasteiger charge is 1.90. The van der Waals surface area contributed by atoms with Gasteiger partial charge in [-0.05, 0) is 13.3 Å². The van der Waals surface area contributed by atoms with Gasteiger partial charge in [0.05, 0.1) is 6.10 Å². The molecule has 76 valence electrons. The fourth-order valence-electron chi connectivity index (χ4n) is 0.500. The van der Waals surface area contributed by atoms with Crippen LogP contribution in [0.1, 0.15) is 62.8 Å². The molecule has 0 rings (SSSR count). The van der Waals surface area contributed by atoms with Gasteiger partial charge in [-0.1, -0.05) is 49.5 Å². The predicted molar refractivity (Wildman–Crippen MR) is 58.1 cm³/mol. The van der Waals surface area contributed by atoms with Crippen molar-refractivity contribution in [2.24, 2.45) is 0 Å². The zero-order valence-electron chi connectivity index (χ0n) is 5.15. The summed E-state index contributed by atoms with van der Waals surface area (Å²) in [5.74, 6) is 0. The van der Waals surface area contributed by atoms with Crippen LogP contribution in [0.25, 0.3) is 0 Å². The predicted octanol–water partition coefficient (Wildman–Crippen LogP) is 4.10. The van der Waals surface area contributed by atoms with Crippen molar-refractivity contribution in [2.45, 2.75) is 68.9 Å². The summed E-state index contributed by atoms with van der Waals surface area (Å²) in [6, 6.07) is 0. The van der Waals surface area contributed by atoms with E-state index < -0.39 is 0 Å². The minimum Gasteiger partial charge on any atom is -0.393 e. The number of hydrogen-bond donors (Lipinski definition) is 1. The first-order chi connectivity index (χ1) is 3.27. The first-order valence-electron chi connectivity index (χ1n) is 2.95. The van der Waals surface area contributed by atoms with E-state index in [-0.39, 0.29) is 35.8 Å². The summed E-state index contributed by atoms with van der Waals surface area (Å²) in [5.41, 5.74) is 0. The monoisotopic (exact) mass is 166 g/mol. The van der Waals surface area contributed by atoms with E-state index in [2.05, 4.69) is 6.92 Å². The van der Waals surface area contributed by atoms with Gasteiger partial charge in [-0.25, -0.2) is 0 Å². The Hall–Kier alpha value is -0.0400. The quantitative estimate of drug-likeness (QED) is 0.669. The highest BCUT2D eigenvalue weighted by Crippen LogP contribution is 1.97. The van der Waals surface area contributed by atoms with Gasteiger partial charge in [-0.2, -0.15) is 0 Å². The molecule has 0 aliphatic rings. The molecular weight excluding hydrogens is 136 g/mol. The zero-order valence-corrected chi connectivity index (χ0v) is 5.15. The molecule has 0 spiro atoms. The number of unbranched alkanes of at least 4 members (excludes halogenated alkanes) is 1. The van der Waals surface area contributed by atoms with Gasteiger partial charge in [-0.3, -0.25) is 0 Å². The normalized spacial score (nSPS) is 9.00. The zero-order chi connectivity index (χ0) is 5.70. The molecule has 0 saturated carbocycles. The van der Waals surface area contributed by atoms with Crippen molar-refractivity contribution < 1.29 is 5.11 Å². The van der Waals surface area contributed by atoms with Gasteiger partial charge in [0, 0.05) is 0 Å². The van der Waals surface area contributed by atoms with E-state index >= 15 is 0 Å². The largest absolute Gasteiger partial charge is 0.393 e. The van der Waals surface area contributed by atoms with Crippen molar-refractivity contribution in [1.29, 1.82) is 0 Å². The number of rotatable bonds is 3. The van der Waals surface area contributed by atoms with Gasteiger partial charge in [0.25, 0.3) is 0 Å². The number of hydrogen-bond acceptors (Lipinski definition) is 1. The summed E-state index contributed by atoms with van der Waals surface area (Å²) in [7, 11) is 0. The van der Waals surface area contributed by atoms with Crippen molar-refractivity contribution in [3.05, 3.63) is 0 Å². The van der Waals surface area contributed by atoms with Crippen LogP contribution in [0.15, 0.2) is 0 Å². The molecule has 1 nitrogen and oxygen atoms in total. The van der Waals surface area contributed by atoms with Crippen molar-refractivity contribution in [3.63, 3.8) is 0 Å². The standard InChI is InChI=1S/C6H14O.4CH4/c1-3-4-5-6(2)7;;;;/h6-7H,3-5H2,1-2H3;4*1H4. The topological polar surface area (TPSA) is 20.2 Å². The van der Waals surface area contributed by atoms with E-state index in [4.69, 9.17) is 5.11 Å². The second-order valence-electron chi connectivity index (χ2n) is 1.99. The Balaban J connectivity index is -0.0000000300. The lowest BCUT2D eigenvalue weighted by Crippen LogP contribution is -1.97. The maximum absolute atomic E-state index is 8.68. The first-order valence-corrected chi connectivity index (χ1v) is 2.95. The molecule has 1 heteroatoms. The van der Waals surface area contributed by atoms with E-state index in [9.17, 15) is 0 Å². The SMILES string of the molecule is C.C.C.C.CCCCC(C)O. The highest BCUT2D eigenvalue weighted by molar-refractivity contribution is 4.43. The molecule has 0 heterocycles. The molecule has 0 aromatic carbocycles. The average molecular weight is 166 g/mol. The van der Waals surface area contributed by atoms with Crippen LogP contribution in [-0.4, -0.2) is 11.2 Å². The third-order valence-electron chi connectivity index (χ3n) is 0.975. The van der Waals surface area contributed by atoms with Crippen LogP contribution in [-0.2, 0) is 0 Å². The van der Waals surface area contributed by atoms with E-state index in [1.807, 2.05) is 6.92 Å². The lowest BCUT2D eigenvalue weighted by Gasteiger charge is -1.98. The molecule has 0 saturated heterocycles. The number of aliphatic hydroxyl groups is 1. The van der Waals surface area contributed by atoms with Crippen molar-refractivity contribution in [3.8, 4) is 0 Å². The summed E-state index contributed by atoms with van der Waals surface area (Å²) in [6.07, 6.45) is 3.19. The molecule has 11 heavy (non-hydrogen) atoms. The van der Waals surface area contributed by atoms with Gasteiger partial charge in [0.2, 0.25) is 0 Å². The number of aliphatic hydroxyl groups excluding tert-OH is 1. The summed E-state index contributed by atoms with van der Waals surface area (Å²) in [6.45, 7) is 3.96. The van der Waals surface area contributed by atoms with Gasteiger partial charge in [0.15, 0.2) is 0 Å². The fourth-order valence-corrected chi connectivity index (χ4v) is 0.500. The minimum absolute atomic E-state index is 0. The first kappa shape index (κ1) is 30.6. The molecule has 0 aliphatic carbocycles. The Morgan fingerprint density at radius 2 is 1.45 bits per heavy atom. The van der Waals surface area contributed by atoms with Crippen LogP contribution in [0.2, 0.25) is 0 Å². The molecule has 0 aromatic rings. The van der Waals surface area contributed by atoms with Crippen LogP contribution >= 0.6 is 0 Å². The maximum atomic E-state index is 8.68. The molecule has 0 aromatic heterocycles. The van der Waals surface area contributed by atoms with Crippen molar-refractivity contribution in [2.75, 3.05) is 0 Å². The van der Waals surface area contributed by atoms with E-state index in [1.54, 1.807) is 0 Å². The molecule has 0 fully saturated rings. The Morgan fingerprint density at radius 3 is 1.55 bits per heavy atom. The summed E-state index contributed by atoms with van der Waals surface area (Å²) in [5, 5.41) is 8.68. The van der Waals surface area contributed by atoms with Crippen LogP contribution < -0.4 is 0 Å². The minimum atomic E-state index is -0.0973. The molecule has 0 aliphatic heterocycles. The van der Waals surface area contributed by atoms with E-state index in [1.165, 1.54) is 6.42 Å². The third kappa shape index (κ3) is 40.2. The molecule has 0 radical (unpaired) electrons. The van der Waals surface area contributed by atoms with Crippen LogP contribution in [0.3, 0.4) is 0 Å². The lowest BCUT2D eigenvalue weighted by atomic mass is 10.2. The van der Waals surface area contributed by atoms with Crippen LogP contribution in [0.4, 0.5) is 0 Å². The van der Waals surface area contributed by atoms with Crippen LogP contribution in [0.5, 0.6) is 0 Å². The summed E-state index contributed by atoms with van der Waals surface area (Å²) < 4.78 is 0. The highest BCUT2D eigenvalue weighted by atomic mass is 16.3. The molecule has 0 amide bonds. The van der Waals surface area contributed by atoms with Crippen LogP contribution in [0, 0.1) is 0 Å².